The summed E-state index contributed by atoms with van der Waals surface area (Å²) in [4.78, 5) is 7.90. The van der Waals surface area contributed by atoms with Crippen LogP contribution in [0, 0.1) is 0 Å². The van der Waals surface area contributed by atoms with Gasteiger partial charge in [-0.2, -0.15) is 0 Å². The van der Waals surface area contributed by atoms with E-state index in [1.165, 1.54) is 29.6 Å². The Morgan fingerprint density at radius 3 is 3.20 bits per heavy atom. The number of nitrogens with one attached hydrogen (secondary N) is 2. The van der Waals surface area contributed by atoms with Crippen molar-refractivity contribution >= 4 is 16.7 Å². The molecule has 78 valence electrons. The lowest BCUT2D eigenvalue weighted by atomic mass is 10.0. The highest BCUT2D eigenvalue weighted by molar-refractivity contribution is 5.81. The van der Waals surface area contributed by atoms with Crippen LogP contribution in [0.4, 0.5) is 5.69 Å². The molecule has 1 aromatic heterocycles. The van der Waals surface area contributed by atoms with Gasteiger partial charge in [0.2, 0.25) is 0 Å². The van der Waals surface area contributed by atoms with Gasteiger partial charge in [-0.25, -0.2) is 4.98 Å². The van der Waals surface area contributed by atoms with Gasteiger partial charge in [-0.3, -0.25) is 0 Å². The Balaban J connectivity index is 2.19. The molecular formula is C12H15N3. The van der Waals surface area contributed by atoms with Crippen LogP contribution in [0.5, 0.6) is 0 Å². The summed E-state index contributed by atoms with van der Waals surface area (Å²) in [5.74, 6) is 1.08. The Kier molecular flexibility index (Phi) is 1.91. The summed E-state index contributed by atoms with van der Waals surface area (Å²) in [7, 11) is 0. The molecule has 0 spiro atoms. The first-order valence-corrected chi connectivity index (χ1v) is 5.62. The first kappa shape index (κ1) is 8.77. The van der Waals surface area contributed by atoms with Crippen LogP contribution in [0.25, 0.3) is 11.0 Å². The molecule has 0 unspecified atom stereocenters. The van der Waals surface area contributed by atoms with Gasteiger partial charge in [0.15, 0.2) is 0 Å². The quantitative estimate of drug-likeness (QED) is 0.744. The number of aromatic amines is 1. The van der Waals surface area contributed by atoms with Crippen LogP contribution in [0.2, 0.25) is 0 Å². The molecule has 3 rings (SSSR count). The largest absolute Gasteiger partial charge is 0.385 e. The fourth-order valence-corrected chi connectivity index (χ4v) is 2.20. The number of nitrogens with zero attached hydrogens (tertiary/aromatic N) is 1. The van der Waals surface area contributed by atoms with Gasteiger partial charge < -0.3 is 10.3 Å². The molecule has 3 nitrogen and oxygen atoms in total. The molecule has 3 heteroatoms. The zero-order valence-electron chi connectivity index (χ0n) is 8.93. The molecule has 0 fully saturated rings. The van der Waals surface area contributed by atoms with E-state index >= 15 is 0 Å². The molecule has 2 heterocycles. The topological polar surface area (TPSA) is 40.7 Å². The molecule has 1 aliphatic rings. The Morgan fingerprint density at radius 1 is 1.40 bits per heavy atom. The average molecular weight is 201 g/mol. The van der Waals surface area contributed by atoms with Crippen LogP contribution >= 0.6 is 0 Å². The van der Waals surface area contributed by atoms with E-state index in [0.717, 1.165) is 24.3 Å². The molecule has 1 aromatic carbocycles. The van der Waals surface area contributed by atoms with Crippen molar-refractivity contribution < 1.29 is 0 Å². The van der Waals surface area contributed by atoms with Gasteiger partial charge in [0, 0.05) is 18.7 Å². The fourth-order valence-electron chi connectivity index (χ4n) is 2.20. The molecule has 0 saturated carbocycles. The Morgan fingerprint density at radius 2 is 2.33 bits per heavy atom. The van der Waals surface area contributed by atoms with Crippen LogP contribution in [-0.4, -0.2) is 16.5 Å². The number of fused-ring (bicyclic) bond motifs is 2. The fraction of sp³-hybridized carbons (Fsp3) is 0.417. The number of rotatable bonds is 1. The number of aromatic nitrogens is 2. The van der Waals surface area contributed by atoms with Crippen LogP contribution in [0.1, 0.15) is 24.7 Å². The van der Waals surface area contributed by atoms with Gasteiger partial charge >= 0.3 is 0 Å². The Labute approximate surface area is 88.9 Å². The minimum absolute atomic E-state index is 0.965. The SMILES string of the molecule is CCc1nc2cc3c(cc2[nH]1)CCCN3. The van der Waals surface area contributed by atoms with Crippen molar-refractivity contribution in [2.24, 2.45) is 0 Å². The number of imidazole rings is 1. The number of aryl methyl sites for hydroxylation is 2. The predicted molar refractivity (Wildman–Crippen MR) is 62.3 cm³/mol. The Bertz CT molecular complexity index is 456. The first-order valence-electron chi connectivity index (χ1n) is 5.62. The highest BCUT2D eigenvalue weighted by Crippen LogP contribution is 2.26. The second kappa shape index (κ2) is 3.26. The third-order valence-electron chi connectivity index (χ3n) is 3.03. The van der Waals surface area contributed by atoms with Crippen LogP contribution in [0.3, 0.4) is 0 Å². The van der Waals surface area contributed by atoms with Crippen LogP contribution in [-0.2, 0) is 12.8 Å². The van der Waals surface area contributed by atoms with Crippen molar-refractivity contribution in [3.63, 3.8) is 0 Å². The Hall–Kier alpha value is -1.51. The third kappa shape index (κ3) is 1.39. The molecule has 2 N–H and O–H groups in total. The smallest absolute Gasteiger partial charge is 0.106 e. The minimum Gasteiger partial charge on any atom is -0.385 e. The second-order valence-corrected chi connectivity index (χ2v) is 4.09. The van der Waals surface area contributed by atoms with Gasteiger partial charge in [0.25, 0.3) is 0 Å². The summed E-state index contributed by atoms with van der Waals surface area (Å²) in [6.45, 7) is 3.21. The van der Waals surface area contributed by atoms with E-state index in [4.69, 9.17) is 0 Å². The molecule has 0 amide bonds. The van der Waals surface area contributed by atoms with Crippen molar-refractivity contribution in [1.82, 2.24) is 9.97 Å². The summed E-state index contributed by atoms with van der Waals surface area (Å²) in [6, 6.07) is 4.41. The third-order valence-corrected chi connectivity index (χ3v) is 3.03. The van der Waals surface area contributed by atoms with Crippen molar-refractivity contribution in [1.29, 1.82) is 0 Å². The maximum Gasteiger partial charge on any atom is 0.106 e. The molecular weight excluding hydrogens is 186 g/mol. The van der Waals surface area contributed by atoms with Gasteiger partial charge in [0.05, 0.1) is 11.0 Å². The molecule has 1 aliphatic heterocycles. The standard InChI is InChI=1S/C12H15N3/c1-2-12-14-10-6-8-4-3-5-13-9(8)7-11(10)15-12/h6-7,13H,2-5H2,1H3,(H,14,15). The van der Waals surface area contributed by atoms with E-state index in [0.29, 0.717) is 0 Å². The predicted octanol–water partition coefficient (Wildman–Crippen LogP) is 2.48. The van der Waals surface area contributed by atoms with Gasteiger partial charge in [-0.15, -0.1) is 0 Å². The van der Waals surface area contributed by atoms with E-state index < -0.39 is 0 Å². The summed E-state index contributed by atoms with van der Waals surface area (Å²) < 4.78 is 0. The van der Waals surface area contributed by atoms with Crippen molar-refractivity contribution in [3.05, 3.63) is 23.5 Å². The zero-order valence-corrected chi connectivity index (χ0v) is 8.93. The van der Waals surface area contributed by atoms with Crippen molar-refractivity contribution in [3.8, 4) is 0 Å². The maximum atomic E-state index is 4.54. The average Bonchev–Trinajstić information content (AvgIpc) is 2.67. The summed E-state index contributed by atoms with van der Waals surface area (Å²) >= 11 is 0. The van der Waals surface area contributed by atoms with E-state index in [2.05, 4.69) is 34.3 Å². The van der Waals surface area contributed by atoms with E-state index in [1.807, 2.05) is 0 Å². The lowest BCUT2D eigenvalue weighted by Gasteiger charge is -2.17. The molecule has 0 atom stereocenters. The number of anilines is 1. The van der Waals surface area contributed by atoms with Crippen molar-refractivity contribution in [2.75, 3.05) is 11.9 Å². The summed E-state index contributed by atoms with van der Waals surface area (Å²) in [5.41, 5.74) is 4.94. The van der Waals surface area contributed by atoms with E-state index in [1.54, 1.807) is 0 Å². The highest BCUT2D eigenvalue weighted by atomic mass is 14.9. The number of hydrogen-bond acceptors (Lipinski definition) is 2. The lowest BCUT2D eigenvalue weighted by Crippen LogP contribution is -2.11. The molecule has 15 heavy (non-hydrogen) atoms. The second-order valence-electron chi connectivity index (χ2n) is 4.09. The van der Waals surface area contributed by atoms with Gasteiger partial charge in [-0.05, 0) is 30.5 Å². The first-order chi connectivity index (χ1) is 7.36. The minimum atomic E-state index is 0.965. The molecule has 0 radical (unpaired) electrons. The highest BCUT2D eigenvalue weighted by Gasteiger charge is 2.11. The molecule has 2 aromatic rings. The van der Waals surface area contributed by atoms with E-state index in [-0.39, 0.29) is 0 Å². The molecule has 0 saturated heterocycles. The number of benzene rings is 1. The maximum absolute atomic E-state index is 4.54. The lowest BCUT2D eigenvalue weighted by molar-refractivity contribution is 0.831. The number of H-pyrrole nitrogens is 1. The summed E-state index contributed by atoms with van der Waals surface area (Å²) in [6.07, 6.45) is 3.37. The molecule has 0 bridgehead atoms. The van der Waals surface area contributed by atoms with Crippen molar-refractivity contribution in [2.45, 2.75) is 26.2 Å². The number of hydrogen-bond donors (Lipinski definition) is 2. The monoisotopic (exact) mass is 201 g/mol. The van der Waals surface area contributed by atoms with Gasteiger partial charge in [-0.1, -0.05) is 6.92 Å². The molecule has 0 aliphatic carbocycles. The van der Waals surface area contributed by atoms with Crippen LogP contribution < -0.4 is 5.32 Å². The van der Waals surface area contributed by atoms with E-state index in [9.17, 15) is 0 Å². The summed E-state index contributed by atoms with van der Waals surface area (Å²) in [5, 5.41) is 3.43. The zero-order chi connectivity index (χ0) is 10.3. The van der Waals surface area contributed by atoms with Gasteiger partial charge in [0.1, 0.15) is 5.82 Å². The normalized spacial score (nSPS) is 15.0. The van der Waals surface area contributed by atoms with Crippen LogP contribution in [0.15, 0.2) is 12.1 Å².